The van der Waals surface area contributed by atoms with E-state index in [4.69, 9.17) is 0 Å². The van der Waals surface area contributed by atoms with E-state index in [0.29, 0.717) is 6.54 Å². The van der Waals surface area contributed by atoms with E-state index in [1.54, 1.807) is 0 Å². The zero-order chi connectivity index (χ0) is 14.7. The maximum Gasteiger partial charge on any atom is 0.251 e. The highest BCUT2D eigenvalue weighted by Crippen LogP contribution is 2.25. The Bertz CT molecular complexity index is 670. The van der Waals surface area contributed by atoms with E-state index in [-0.39, 0.29) is 18.3 Å². The molecule has 0 unspecified atom stereocenters. The largest absolute Gasteiger partial charge is 0.385 e. The number of halogens is 1. The minimum Gasteiger partial charge on any atom is -0.385 e. The van der Waals surface area contributed by atoms with E-state index in [1.165, 1.54) is 5.56 Å². The maximum absolute atomic E-state index is 12.5. The highest BCUT2D eigenvalue weighted by Gasteiger charge is 2.17. The molecule has 2 aromatic rings. The Labute approximate surface area is 137 Å². The van der Waals surface area contributed by atoms with Crippen molar-refractivity contribution < 1.29 is 4.79 Å². The predicted octanol–water partition coefficient (Wildman–Crippen LogP) is 3.70. The first-order valence-electron chi connectivity index (χ1n) is 7.44. The number of fused-ring (bicyclic) bond motifs is 1. The first kappa shape index (κ1) is 16.4. The highest BCUT2D eigenvalue weighted by molar-refractivity contribution is 5.97. The zero-order valence-corrected chi connectivity index (χ0v) is 13.5. The van der Waals surface area contributed by atoms with E-state index in [2.05, 4.69) is 29.7 Å². The Morgan fingerprint density at radius 1 is 1.18 bits per heavy atom. The van der Waals surface area contributed by atoms with Gasteiger partial charge in [0, 0.05) is 24.3 Å². The first-order chi connectivity index (χ1) is 10.3. The molecule has 3 nitrogen and oxygen atoms in total. The Morgan fingerprint density at radius 2 is 2.00 bits per heavy atom. The number of rotatable bonds is 3. The third kappa shape index (κ3) is 3.42. The van der Waals surface area contributed by atoms with Crippen molar-refractivity contribution in [1.82, 2.24) is 5.32 Å². The van der Waals surface area contributed by atoms with Crippen LogP contribution in [0.3, 0.4) is 0 Å². The molecule has 0 saturated carbocycles. The van der Waals surface area contributed by atoms with Crippen LogP contribution in [-0.4, -0.2) is 12.5 Å². The molecule has 0 atom stereocenters. The number of carbonyl (C=O) groups is 1. The normalized spacial score (nSPS) is 12.6. The van der Waals surface area contributed by atoms with Crippen LogP contribution in [0.1, 0.15) is 33.5 Å². The molecule has 0 bridgehead atoms. The lowest BCUT2D eigenvalue weighted by Crippen LogP contribution is -2.26. The van der Waals surface area contributed by atoms with Gasteiger partial charge in [-0.2, -0.15) is 0 Å². The van der Waals surface area contributed by atoms with Gasteiger partial charge in [0.1, 0.15) is 0 Å². The van der Waals surface area contributed by atoms with Gasteiger partial charge in [0.25, 0.3) is 5.91 Å². The van der Waals surface area contributed by atoms with Crippen molar-refractivity contribution in [2.75, 3.05) is 11.9 Å². The smallest absolute Gasteiger partial charge is 0.251 e. The molecule has 3 rings (SSSR count). The fourth-order valence-corrected chi connectivity index (χ4v) is 2.80. The summed E-state index contributed by atoms with van der Waals surface area (Å²) in [6.45, 7) is 3.62. The van der Waals surface area contributed by atoms with Crippen molar-refractivity contribution in [3.8, 4) is 0 Å². The lowest BCUT2D eigenvalue weighted by atomic mass is 9.97. The van der Waals surface area contributed by atoms with Crippen LogP contribution in [-0.2, 0) is 13.0 Å². The summed E-state index contributed by atoms with van der Waals surface area (Å²) in [4.78, 5) is 12.5. The summed E-state index contributed by atoms with van der Waals surface area (Å²) in [5, 5.41) is 6.40. The molecule has 0 aliphatic carbocycles. The number of anilines is 1. The molecule has 22 heavy (non-hydrogen) atoms. The van der Waals surface area contributed by atoms with Crippen molar-refractivity contribution in [2.45, 2.75) is 26.3 Å². The summed E-state index contributed by atoms with van der Waals surface area (Å²) in [7, 11) is 0. The summed E-state index contributed by atoms with van der Waals surface area (Å²) >= 11 is 0. The third-order valence-corrected chi connectivity index (χ3v) is 4.04. The number of hydrogen-bond donors (Lipinski definition) is 2. The molecular formula is C18H21ClN2O. The Kier molecular flexibility index (Phi) is 5.45. The van der Waals surface area contributed by atoms with Crippen molar-refractivity contribution in [3.05, 3.63) is 64.7 Å². The number of aryl methyl sites for hydroxylation is 1. The fourth-order valence-electron chi connectivity index (χ4n) is 2.80. The van der Waals surface area contributed by atoms with Gasteiger partial charge in [0.15, 0.2) is 0 Å². The van der Waals surface area contributed by atoms with Gasteiger partial charge >= 0.3 is 0 Å². The number of carbonyl (C=O) groups excluding carboxylic acids is 1. The molecule has 0 saturated heterocycles. The summed E-state index contributed by atoms with van der Waals surface area (Å²) in [5.74, 6) is 0.0128. The van der Waals surface area contributed by atoms with Crippen molar-refractivity contribution in [3.63, 3.8) is 0 Å². The van der Waals surface area contributed by atoms with E-state index in [1.807, 2.05) is 30.3 Å². The maximum atomic E-state index is 12.5. The molecule has 116 valence electrons. The molecule has 1 aliphatic heterocycles. The van der Waals surface area contributed by atoms with Crippen LogP contribution in [0.15, 0.2) is 42.5 Å². The van der Waals surface area contributed by atoms with E-state index >= 15 is 0 Å². The van der Waals surface area contributed by atoms with E-state index in [0.717, 1.165) is 41.8 Å². The van der Waals surface area contributed by atoms with E-state index < -0.39 is 0 Å². The third-order valence-electron chi connectivity index (χ3n) is 4.04. The molecule has 1 aliphatic rings. The second-order valence-corrected chi connectivity index (χ2v) is 5.47. The highest BCUT2D eigenvalue weighted by atomic mass is 35.5. The zero-order valence-electron chi connectivity index (χ0n) is 12.7. The number of amides is 1. The quantitative estimate of drug-likeness (QED) is 0.906. The van der Waals surface area contributed by atoms with Crippen molar-refractivity contribution in [2.24, 2.45) is 0 Å². The van der Waals surface area contributed by atoms with E-state index in [9.17, 15) is 4.79 Å². The van der Waals surface area contributed by atoms with Crippen LogP contribution in [0.2, 0.25) is 0 Å². The fraction of sp³-hybridized carbons (Fsp3) is 0.278. The number of benzene rings is 2. The molecule has 2 aromatic carbocycles. The molecule has 0 fully saturated rings. The number of hydrogen-bond acceptors (Lipinski definition) is 2. The standard InChI is InChI=1S/C18H20N2O.ClH/c1-13-6-2-3-7-14(13)12-20-18(21)16-8-4-10-17-15(16)9-5-11-19-17;/h2-4,6-8,10,19H,5,9,11-12H2,1H3,(H,20,21);1H. The SMILES string of the molecule is Cc1ccccc1CNC(=O)c1cccc2c1CCCN2.Cl. The summed E-state index contributed by atoms with van der Waals surface area (Å²) in [6, 6.07) is 14.0. The average molecular weight is 317 g/mol. The molecule has 0 spiro atoms. The lowest BCUT2D eigenvalue weighted by Gasteiger charge is -2.20. The minimum absolute atomic E-state index is 0. The van der Waals surface area contributed by atoms with Crippen LogP contribution >= 0.6 is 12.4 Å². The Balaban J connectivity index is 0.00000176. The molecule has 1 amide bonds. The van der Waals surface area contributed by atoms with Crippen molar-refractivity contribution in [1.29, 1.82) is 0 Å². The lowest BCUT2D eigenvalue weighted by molar-refractivity contribution is 0.0950. The molecule has 1 heterocycles. The monoisotopic (exact) mass is 316 g/mol. The second kappa shape index (κ2) is 7.32. The first-order valence-corrected chi connectivity index (χ1v) is 7.44. The average Bonchev–Trinajstić information content (AvgIpc) is 2.53. The number of nitrogens with one attached hydrogen (secondary N) is 2. The van der Waals surface area contributed by atoms with Crippen LogP contribution in [0.25, 0.3) is 0 Å². The molecule has 4 heteroatoms. The van der Waals surface area contributed by atoms with Crippen LogP contribution in [0, 0.1) is 6.92 Å². The summed E-state index contributed by atoms with van der Waals surface area (Å²) < 4.78 is 0. The topological polar surface area (TPSA) is 41.1 Å². The summed E-state index contributed by atoms with van der Waals surface area (Å²) in [5.41, 5.74) is 5.41. The predicted molar refractivity (Wildman–Crippen MR) is 92.8 cm³/mol. The van der Waals surface area contributed by atoms with Gasteiger partial charge in [-0.15, -0.1) is 12.4 Å². The molecule has 2 N–H and O–H groups in total. The molecule has 0 aromatic heterocycles. The van der Waals surface area contributed by atoms with Crippen molar-refractivity contribution >= 4 is 24.0 Å². The van der Waals surface area contributed by atoms with Gasteiger partial charge in [0.2, 0.25) is 0 Å². The van der Waals surface area contributed by atoms with Gasteiger partial charge < -0.3 is 10.6 Å². The summed E-state index contributed by atoms with van der Waals surface area (Å²) in [6.07, 6.45) is 2.05. The minimum atomic E-state index is 0. The molecule has 0 radical (unpaired) electrons. The van der Waals surface area contributed by atoms with Crippen LogP contribution < -0.4 is 10.6 Å². The van der Waals surface area contributed by atoms with Gasteiger partial charge in [-0.3, -0.25) is 4.79 Å². The molecular weight excluding hydrogens is 296 g/mol. The second-order valence-electron chi connectivity index (χ2n) is 5.47. The van der Waals surface area contributed by atoms with Gasteiger partial charge in [-0.05, 0) is 48.6 Å². The van der Waals surface area contributed by atoms with Gasteiger partial charge in [-0.25, -0.2) is 0 Å². The Morgan fingerprint density at radius 3 is 2.82 bits per heavy atom. The van der Waals surface area contributed by atoms with Crippen LogP contribution in [0.4, 0.5) is 5.69 Å². The van der Waals surface area contributed by atoms with Gasteiger partial charge in [-0.1, -0.05) is 30.3 Å². The van der Waals surface area contributed by atoms with Crippen LogP contribution in [0.5, 0.6) is 0 Å². The van der Waals surface area contributed by atoms with Gasteiger partial charge in [0.05, 0.1) is 0 Å². The Hall–Kier alpha value is -2.00.